The maximum Gasteiger partial charge on any atom is 0.155 e. The summed E-state index contributed by atoms with van der Waals surface area (Å²) in [6.07, 6.45) is 12.4. The number of carbonyl (C=O) groups is 1. The number of terminal acetylenes is 1. The van der Waals surface area contributed by atoms with Gasteiger partial charge in [0.2, 0.25) is 0 Å². The van der Waals surface area contributed by atoms with Gasteiger partial charge in [-0.25, -0.2) is 0 Å². The molecule has 3 fully saturated rings. The number of aliphatic hydroxyl groups is 2. The van der Waals surface area contributed by atoms with Crippen LogP contribution in [0.4, 0.5) is 0 Å². The molecular weight excluding hydrogens is 300 g/mol. The Bertz CT molecular complexity index is 658. The van der Waals surface area contributed by atoms with Crippen molar-refractivity contribution in [2.45, 2.75) is 70.5 Å². The molecule has 7 atom stereocenters. The fourth-order valence-corrected chi connectivity index (χ4v) is 6.94. The van der Waals surface area contributed by atoms with Crippen molar-refractivity contribution in [2.75, 3.05) is 0 Å². The van der Waals surface area contributed by atoms with E-state index in [1.165, 1.54) is 5.57 Å². The number of hydrogen-bond acceptors (Lipinski definition) is 3. The SMILES string of the molecule is C#C[C@@]1(O)C[C@H]2[C@@H]3CCC4=CC(=O)CC[C@]4(C)[C@H]3[C@H](O)C[C@]2(C)C1. The quantitative estimate of drug-likeness (QED) is 0.672. The van der Waals surface area contributed by atoms with E-state index in [1.807, 2.05) is 6.08 Å². The van der Waals surface area contributed by atoms with E-state index in [9.17, 15) is 15.0 Å². The number of ketones is 1. The second-order valence-electron chi connectivity index (χ2n) is 9.37. The van der Waals surface area contributed by atoms with Gasteiger partial charge in [0.05, 0.1) is 6.10 Å². The summed E-state index contributed by atoms with van der Waals surface area (Å²) in [5, 5.41) is 21.8. The van der Waals surface area contributed by atoms with Crippen molar-refractivity contribution in [3.8, 4) is 12.3 Å². The van der Waals surface area contributed by atoms with E-state index in [4.69, 9.17) is 6.42 Å². The van der Waals surface area contributed by atoms with Crippen molar-refractivity contribution in [2.24, 2.45) is 28.6 Å². The fraction of sp³-hybridized carbons (Fsp3) is 0.762. The lowest BCUT2D eigenvalue weighted by atomic mass is 9.46. The monoisotopic (exact) mass is 328 g/mol. The van der Waals surface area contributed by atoms with E-state index >= 15 is 0 Å². The van der Waals surface area contributed by atoms with Gasteiger partial charge >= 0.3 is 0 Å². The minimum absolute atomic E-state index is 0.0750. The Morgan fingerprint density at radius 1 is 1.29 bits per heavy atom. The average molecular weight is 328 g/mol. The van der Waals surface area contributed by atoms with Crippen LogP contribution in [0.5, 0.6) is 0 Å². The average Bonchev–Trinajstić information content (AvgIpc) is 2.79. The first-order valence-electron chi connectivity index (χ1n) is 9.33. The largest absolute Gasteiger partial charge is 0.393 e. The third-order valence-electron chi connectivity index (χ3n) is 7.93. The van der Waals surface area contributed by atoms with Gasteiger partial charge in [-0.2, -0.15) is 0 Å². The molecule has 3 saturated carbocycles. The number of allylic oxidation sites excluding steroid dienone is 1. The number of carbonyl (C=O) groups excluding carboxylic acids is 1. The summed E-state index contributed by atoms with van der Waals surface area (Å²) in [5.74, 6) is 3.79. The van der Waals surface area contributed by atoms with E-state index in [0.29, 0.717) is 37.5 Å². The molecule has 4 rings (SSSR count). The Hall–Kier alpha value is -1.11. The molecule has 0 heterocycles. The third-order valence-corrected chi connectivity index (χ3v) is 7.93. The van der Waals surface area contributed by atoms with Crippen LogP contribution < -0.4 is 0 Å². The molecule has 130 valence electrons. The van der Waals surface area contributed by atoms with E-state index in [-0.39, 0.29) is 28.6 Å². The summed E-state index contributed by atoms with van der Waals surface area (Å²) in [5.41, 5.74) is 0.0686. The zero-order chi connectivity index (χ0) is 17.3. The zero-order valence-corrected chi connectivity index (χ0v) is 14.7. The van der Waals surface area contributed by atoms with Crippen molar-refractivity contribution in [1.29, 1.82) is 0 Å². The Morgan fingerprint density at radius 2 is 2.04 bits per heavy atom. The van der Waals surface area contributed by atoms with Crippen molar-refractivity contribution in [3.05, 3.63) is 11.6 Å². The Labute approximate surface area is 144 Å². The Kier molecular flexibility index (Phi) is 3.38. The smallest absolute Gasteiger partial charge is 0.155 e. The topological polar surface area (TPSA) is 57.5 Å². The van der Waals surface area contributed by atoms with Gasteiger partial charge in [-0.05, 0) is 73.2 Å². The molecule has 24 heavy (non-hydrogen) atoms. The molecule has 0 aliphatic heterocycles. The number of hydrogen-bond donors (Lipinski definition) is 2. The van der Waals surface area contributed by atoms with Crippen molar-refractivity contribution in [1.82, 2.24) is 0 Å². The predicted molar refractivity (Wildman–Crippen MR) is 91.9 cm³/mol. The van der Waals surface area contributed by atoms with Crippen LogP contribution >= 0.6 is 0 Å². The highest BCUT2D eigenvalue weighted by Crippen LogP contribution is 2.66. The van der Waals surface area contributed by atoms with Gasteiger partial charge in [-0.1, -0.05) is 25.3 Å². The molecule has 0 aromatic rings. The zero-order valence-electron chi connectivity index (χ0n) is 14.7. The molecule has 3 heteroatoms. The van der Waals surface area contributed by atoms with E-state index in [1.54, 1.807) is 0 Å². The number of rotatable bonds is 0. The number of aliphatic hydroxyl groups excluding tert-OH is 1. The van der Waals surface area contributed by atoms with Crippen LogP contribution in [-0.2, 0) is 4.79 Å². The lowest BCUT2D eigenvalue weighted by molar-refractivity contribution is -0.127. The van der Waals surface area contributed by atoms with E-state index in [2.05, 4.69) is 19.8 Å². The first-order valence-corrected chi connectivity index (χ1v) is 9.33. The molecule has 0 bridgehead atoms. The molecule has 0 saturated heterocycles. The third kappa shape index (κ3) is 2.09. The molecule has 0 spiro atoms. The van der Waals surface area contributed by atoms with E-state index in [0.717, 1.165) is 19.3 Å². The number of fused-ring (bicyclic) bond motifs is 5. The molecule has 4 aliphatic rings. The van der Waals surface area contributed by atoms with Crippen LogP contribution in [0.3, 0.4) is 0 Å². The highest BCUT2D eigenvalue weighted by molar-refractivity contribution is 5.91. The van der Waals surface area contributed by atoms with Gasteiger partial charge in [0.25, 0.3) is 0 Å². The normalized spacial score (nSPS) is 53.5. The second kappa shape index (κ2) is 4.96. The van der Waals surface area contributed by atoms with Crippen LogP contribution in [0.15, 0.2) is 11.6 Å². The predicted octanol–water partition coefficient (Wildman–Crippen LogP) is 2.85. The lowest BCUT2D eigenvalue weighted by Crippen LogP contribution is -2.55. The molecule has 3 nitrogen and oxygen atoms in total. The van der Waals surface area contributed by atoms with Crippen LogP contribution in [0.1, 0.15) is 58.8 Å². The van der Waals surface area contributed by atoms with Crippen LogP contribution in [-0.4, -0.2) is 27.7 Å². The molecule has 0 radical (unpaired) electrons. The van der Waals surface area contributed by atoms with Crippen molar-refractivity contribution in [3.63, 3.8) is 0 Å². The lowest BCUT2D eigenvalue weighted by Gasteiger charge is -2.58. The van der Waals surface area contributed by atoms with Crippen molar-refractivity contribution < 1.29 is 15.0 Å². The molecule has 0 amide bonds. The maximum atomic E-state index is 11.9. The second-order valence-corrected chi connectivity index (χ2v) is 9.37. The Morgan fingerprint density at radius 3 is 2.75 bits per heavy atom. The minimum Gasteiger partial charge on any atom is -0.393 e. The summed E-state index contributed by atoms with van der Waals surface area (Å²) in [6, 6.07) is 0. The summed E-state index contributed by atoms with van der Waals surface area (Å²) in [6.45, 7) is 4.45. The maximum absolute atomic E-state index is 11.9. The van der Waals surface area contributed by atoms with Crippen molar-refractivity contribution >= 4 is 5.78 Å². The van der Waals surface area contributed by atoms with E-state index < -0.39 is 5.60 Å². The van der Waals surface area contributed by atoms with Gasteiger partial charge in [0.1, 0.15) is 5.60 Å². The van der Waals surface area contributed by atoms with Gasteiger partial charge in [-0.3, -0.25) is 4.79 Å². The molecule has 0 aromatic heterocycles. The van der Waals surface area contributed by atoms with Gasteiger partial charge in [-0.15, -0.1) is 6.42 Å². The highest BCUT2D eigenvalue weighted by atomic mass is 16.3. The summed E-state index contributed by atoms with van der Waals surface area (Å²) in [4.78, 5) is 11.9. The molecule has 0 unspecified atom stereocenters. The minimum atomic E-state index is -1.02. The highest BCUT2D eigenvalue weighted by Gasteiger charge is 2.63. The molecular formula is C21H28O3. The summed E-state index contributed by atoms with van der Waals surface area (Å²) < 4.78 is 0. The first kappa shape index (κ1) is 16.4. The Balaban J connectivity index is 1.74. The first-order chi connectivity index (χ1) is 11.2. The van der Waals surface area contributed by atoms with Crippen LogP contribution in [0.2, 0.25) is 0 Å². The van der Waals surface area contributed by atoms with Gasteiger partial charge in [0.15, 0.2) is 5.78 Å². The summed E-state index contributed by atoms with van der Waals surface area (Å²) in [7, 11) is 0. The van der Waals surface area contributed by atoms with Gasteiger partial charge < -0.3 is 10.2 Å². The molecule has 0 aromatic carbocycles. The molecule has 4 aliphatic carbocycles. The standard InChI is InChI=1S/C21H28O3/c1-4-21(24)10-16-15-6-5-13-9-14(22)7-8-20(13,3)18(15)17(23)11-19(16,2)12-21/h1,9,15-18,23-24H,5-8,10-12H2,2-3H3/t15-,16-,17+,18+,19+,20-,21+/m0/s1. The van der Waals surface area contributed by atoms with Gasteiger partial charge in [0, 0.05) is 6.42 Å². The summed E-state index contributed by atoms with van der Waals surface area (Å²) >= 11 is 0. The molecule has 2 N–H and O–H groups in total. The van der Waals surface area contributed by atoms with Crippen LogP contribution in [0, 0.1) is 40.9 Å². The van der Waals surface area contributed by atoms with Crippen LogP contribution in [0.25, 0.3) is 0 Å². The fourth-order valence-electron chi connectivity index (χ4n) is 6.94.